The highest BCUT2D eigenvalue weighted by atomic mass is 16.5. The topological polar surface area (TPSA) is 109 Å². The number of nitrogens with one attached hydrogen (secondary N) is 3. The molecule has 3 aromatic rings. The standard InChI is InChI=1S/C24H24N4O4/c1-2-32-21-9-4-3-8-20(21)24(31)27-16-22(29)26-15-17-6-5-7-19(14-17)28-23(30)18-10-12-25-13-11-18/h3-14H,2,15-16H2,1H3,(H,26,29)(H,27,31)(H,28,30). The molecule has 8 heteroatoms. The van der Waals surface area contributed by atoms with Crippen LogP contribution in [0, 0.1) is 0 Å². The second kappa shape index (κ2) is 11.3. The normalized spacial score (nSPS) is 10.2. The number of nitrogens with zero attached hydrogens (tertiary/aromatic N) is 1. The van der Waals surface area contributed by atoms with E-state index in [4.69, 9.17) is 4.74 Å². The van der Waals surface area contributed by atoms with Crippen molar-refractivity contribution in [3.63, 3.8) is 0 Å². The first-order chi connectivity index (χ1) is 15.6. The summed E-state index contributed by atoms with van der Waals surface area (Å²) in [6, 6.07) is 17.3. The molecule has 3 amide bonds. The van der Waals surface area contributed by atoms with Crippen molar-refractivity contribution in [1.29, 1.82) is 0 Å². The van der Waals surface area contributed by atoms with Gasteiger partial charge in [-0.05, 0) is 48.9 Å². The number of hydrogen-bond acceptors (Lipinski definition) is 5. The molecule has 8 nitrogen and oxygen atoms in total. The van der Waals surface area contributed by atoms with Crippen LogP contribution < -0.4 is 20.7 Å². The molecule has 0 atom stereocenters. The van der Waals surface area contributed by atoms with Gasteiger partial charge in [0.1, 0.15) is 5.75 Å². The number of carbonyl (C=O) groups excluding carboxylic acids is 3. The van der Waals surface area contributed by atoms with Crippen LogP contribution >= 0.6 is 0 Å². The van der Waals surface area contributed by atoms with Crippen LogP contribution in [0.2, 0.25) is 0 Å². The number of carbonyl (C=O) groups is 3. The van der Waals surface area contributed by atoms with Gasteiger partial charge in [-0.3, -0.25) is 19.4 Å². The van der Waals surface area contributed by atoms with Gasteiger partial charge in [-0.15, -0.1) is 0 Å². The summed E-state index contributed by atoms with van der Waals surface area (Å²) < 4.78 is 5.44. The third-order valence-electron chi connectivity index (χ3n) is 4.46. The lowest BCUT2D eigenvalue weighted by molar-refractivity contribution is -0.120. The summed E-state index contributed by atoms with van der Waals surface area (Å²) in [6.45, 7) is 2.36. The first-order valence-electron chi connectivity index (χ1n) is 10.1. The maximum absolute atomic E-state index is 12.4. The van der Waals surface area contributed by atoms with Gasteiger partial charge < -0.3 is 20.7 Å². The van der Waals surface area contributed by atoms with Gasteiger partial charge in [-0.25, -0.2) is 0 Å². The third kappa shape index (κ3) is 6.40. The number of amides is 3. The highest BCUT2D eigenvalue weighted by Crippen LogP contribution is 2.17. The molecule has 0 saturated carbocycles. The zero-order valence-electron chi connectivity index (χ0n) is 17.6. The quantitative estimate of drug-likeness (QED) is 0.482. The van der Waals surface area contributed by atoms with Gasteiger partial charge in [0.25, 0.3) is 11.8 Å². The molecule has 0 fully saturated rings. The molecular weight excluding hydrogens is 408 g/mol. The summed E-state index contributed by atoms with van der Waals surface area (Å²) in [4.78, 5) is 40.7. The Balaban J connectivity index is 1.49. The Morgan fingerprint density at radius 3 is 2.47 bits per heavy atom. The molecule has 32 heavy (non-hydrogen) atoms. The van der Waals surface area contributed by atoms with Crippen LogP contribution in [0.5, 0.6) is 5.75 Å². The number of anilines is 1. The Morgan fingerprint density at radius 1 is 0.906 bits per heavy atom. The van der Waals surface area contributed by atoms with Gasteiger partial charge in [-0.1, -0.05) is 24.3 Å². The highest BCUT2D eigenvalue weighted by Gasteiger charge is 2.13. The Morgan fingerprint density at radius 2 is 1.69 bits per heavy atom. The minimum Gasteiger partial charge on any atom is -0.493 e. The van der Waals surface area contributed by atoms with E-state index >= 15 is 0 Å². The summed E-state index contributed by atoms with van der Waals surface area (Å²) in [5.41, 5.74) is 2.29. The van der Waals surface area contributed by atoms with Crippen LogP contribution in [-0.2, 0) is 11.3 Å². The van der Waals surface area contributed by atoms with Crippen molar-refractivity contribution in [3.05, 3.63) is 89.7 Å². The fourth-order valence-corrected chi connectivity index (χ4v) is 2.92. The SMILES string of the molecule is CCOc1ccccc1C(=O)NCC(=O)NCc1cccc(NC(=O)c2ccncc2)c1. The van der Waals surface area contributed by atoms with E-state index in [2.05, 4.69) is 20.9 Å². The molecule has 0 aliphatic heterocycles. The number of pyridine rings is 1. The van der Waals surface area contributed by atoms with Crippen LogP contribution in [0.1, 0.15) is 33.2 Å². The minimum atomic E-state index is -0.384. The van der Waals surface area contributed by atoms with E-state index in [0.717, 1.165) is 5.56 Å². The van der Waals surface area contributed by atoms with Crippen LogP contribution in [-0.4, -0.2) is 35.9 Å². The molecule has 0 aliphatic carbocycles. The fourth-order valence-electron chi connectivity index (χ4n) is 2.92. The summed E-state index contributed by atoms with van der Waals surface area (Å²) in [5, 5.41) is 8.16. The predicted molar refractivity (Wildman–Crippen MR) is 120 cm³/mol. The molecule has 0 bridgehead atoms. The van der Waals surface area contributed by atoms with Crippen LogP contribution in [0.4, 0.5) is 5.69 Å². The maximum Gasteiger partial charge on any atom is 0.255 e. The monoisotopic (exact) mass is 432 g/mol. The molecule has 0 saturated heterocycles. The molecule has 0 radical (unpaired) electrons. The number of para-hydroxylation sites is 1. The van der Waals surface area contributed by atoms with Gasteiger partial charge in [0.05, 0.1) is 18.7 Å². The molecule has 0 aliphatic rings. The lowest BCUT2D eigenvalue weighted by Gasteiger charge is -2.11. The number of benzene rings is 2. The molecule has 3 N–H and O–H groups in total. The minimum absolute atomic E-state index is 0.169. The number of aromatic nitrogens is 1. The van der Waals surface area contributed by atoms with E-state index in [9.17, 15) is 14.4 Å². The molecule has 3 rings (SSSR count). The second-order valence-electron chi connectivity index (χ2n) is 6.78. The van der Waals surface area contributed by atoms with Gasteiger partial charge >= 0.3 is 0 Å². The first kappa shape index (κ1) is 22.5. The molecular formula is C24H24N4O4. The molecule has 0 unspecified atom stereocenters. The fraction of sp³-hybridized carbons (Fsp3) is 0.167. The third-order valence-corrected chi connectivity index (χ3v) is 4.46. The zero-order valence-corrected chi connectivity index (χ0v) is 17.6. The summed E-state index contributed by atoms with van der Waals surface area (Å²) in [5.74, 6) is -0.495. The molecule has 2 aromatic carbocycles. The van der Waals surface area contributed by atoms with Crippen molar-refractivity contribution in [2.24, 2.45) is 0 Å². The van der Waals surface area contributed by atoms with Crippen molar-refractivity contribution < 1.29 is 19.1 Å². The van der Waals surface area contributed by atoms with Crippen molar-refractivity contribution >= 4 is 23.4 Å². The highest BCUT2D eigenvalue weighted by molar-refractivity contribution is 6.04. The zero-order chi connectivity index (χ0) is 22.8. The summed E-state index contributed by atoms with van der Waals surface area (Å²) in [7, 11) is 0. The summed E-state index contributed by atoms with van der Waals surface area (Å²) >= 11 is 0. The predicted octanol–water partition coefficient (Wildman–Crippen LogP) is 2.78. The van der Waals surface area contributed by atoms with Gasteiger partial charge in [0.2, 0.25) is 5.91 Å². The van der Waals surface area contributed by atoms with E-state index < -0.39 is 0 Å². The van der Waals surface area contributed by atoms with Crippen molar-refractivity contribution in [1.82, 2.24) is 15.6 Å². The molecule has 1 heterocycles. The van der Waals surface area contributed by atoms with E-state index in [0.29, 0.717) is 29.2 Å². The second-order valence-corrected chi connectivity index (χ2v) is 6.78. The largest absolute Gasteiger partial charge is 0.493 e. The van der Waals surface area contributed by atoms with Gasteiger partial charge in [0, 0.05) is 30.2 Å². The van der Waals surface area contributed by atoms with Crippen molar-refractivity contribution in [2.45, 2.75) is 13.5 Å². The Hall–Kier alpha value is -4.20. The van der Waals surface area contributed by atoms with Gasteiger partial charge in [-0.2, -0.15) is 0 Å². The molecule has 1 aromatic heterocycles. The van der Waals surface area contributed by atoms with Gasteiger partial charge in [0.15, 0.2) is 0 Å². The van der Waals surface area contributed by atoms with Crippen LogP contribution in [0.3, 0.4) is 0 Å². The molecule has 164 valence electrons. The van der Waals surface area contributed by atoms with Crippen molar-refractivity contribution in [2.75, 3.05) is 18.5 Å². The van der Waals surface area contributed by atoms with Crippen LogP contribution in [0.25, 0.3) is 0 Å². The van der Waals surface area contributed by atoms with Crippen molar-refractivity contribution in [3.8, 4) is 5.75 Å². The van der Waals surface area contributed by atoms with E-state index in [1.54, 1.807) is 67.0 Å². The van der Waals surface area contributed by atoms with Crippen LogP contribution in [0.15, 0.2) is 73.1 Å². The number of rotatable bonds is 9. The number of ether oxygens (including phenoxy) is 1. The Labute approximate surface area is 186 Å². The number of hydrogen-bond donors (Lipinski definition) is 3. The van der Waals surface area contributed by atoms with E-state index in [-0.39, 0.29) is 30.8 Å². The lowest BCUT2D eigenvalue weighted by Crippen LogP contribution is -2.36. The van der Waals surface area contributed by atoms with E-state index in [1.165, 1.54) is 0 Å². The maximum atomic E-state index is 12.4. The lowest BCUT2D eigenvalue weighted by atomic mass is 10.2. The Kier molecular flexibility index (Phi) is 7.91. The summed E-state index contributed by atoms with van der Waals surface area (Å²) in [6.07, 6.45) is 3.10. The Bertz CT molecular complexity index is 1090. The first-order valence-corrected chi connectivity index (χ1v) is 10.1. The average Bonchev–Trinajstić information content (AvgIpc) is 2.82. The smallest absolute Gasteiger partial charge is 0.255 e. The van der Waals surface area contributed by atoms with E-state index in [1.807, 2.05) is 13.0 Å². The molecule has 0 spiro atoms. The average molecular weight is 432 g/mol.